The van der Waals surface area contributed by atoms with Crippen LogP contribution in [0.1, 0.15) is 30.1 Å². The van der Waals surface area contributed by atoms with Crippen LogP contribution < -0.4 is 5.56 Å². The Kier molecular flexibility index (Phi) is 3.79. The monoisotopic (exact) mass is 297 g/mol. The molecule has 0 radical (unpaired) electrons. The number of benzene rings is 1. The second-order valence-electron chi connectivity index (χ2n) is 5.63. The van der Waals surface area contributed by atoms with Crippen LogP contribution >= 0.6 is 0 Å². The van der Waals surface area contributed by atoms with Gasteiger partial charge < -0.3 is 9.47 Å². The van der Waals surface area contributed by atoms with Crippen molar-refractivity contribution < 1.29 is 4.79 Å². The lowest BCUT2D eigenvalue weighted by molar-refractivity contribution is 0.0744. The molecule has 22 heavy (non-hydrogen) atoms. The maximum Gasteiger partial charge on any atom is 0.260 e. The van der Waals surface area contributed by atoms with Crippen LogP contribution in [0, 0.1) is 0 Å². The van der Waals surface area contributed by atoms with Crippen molar-refractivity contribution in [2.75, 3.05) is 6.54 Å². The molecule has 0 N–H and O–H groups in total. The summed E-state index contributed by atoms with van der Waals surface area (Å²) in [6.45, 7) is 2.76. The predicted molar refractivity (Wildman–Crippen MR) is 85.9 cm³/mol. The van der Waals surface area contributed by atoms with Crippen molar-refractivity contribution in [2.24, 2.45) is 7.05 Å². The Morgan fingerprint density at radius 2 is 2.23 bits per heavy atom. The van der Waals surface area contributed by atoms with Gasteiger partial charge >= 0.3 is 0 Å². The zero-order valence-corrected chi connectivity index (χ0v) is 12.8. The highest BCUT2D eigenvalue weighted by Crippen LogP contribution is 2.19. The van der Waals surface area contributed by atoms with Gasteiger partial charge in [0.15, 0.2) is 0 Å². The van der Waals surface area contributed by atoms with Crippen LogP contribution in [0.4, 0.5) is 0 Å². The summed E-state index contributed by atoms with van der Waals surface area (Å²) < 4.78 is 1.44. The van der Waals surface area contributed by atoms with E-state index in [-0.39, 0.29) is 17.5 Å². The van der Waals surface area contributed by atoms with Crippen LogP contribution in [-0.4, -0.2) is 32.9 Å². The van der Waals surface area contributed by atoms with Gasteiger partial charge in [-0.2, -0.15) is 0 Å². The highest BCUT2D eigenvalue weighted by molar-refractivity contribution is 5.98. The number of hydrogen-bond donors (Lipinski definition) is 0. The summed E-state index contributed by atoms with van der Waals surface area (Å²) in [6, 6.07) is 5.29. The number of nitrogens with zero attached hydrogens (tertiary/aromatic N) is 3. The van der Waals surface area contributed by atoms with Crippen molar-refractivity contribution in [1.82, 2.24) is 14.5 Å². The minimum absolute atomic E-state index is 0.00664. The minimum atomic E-state index is -0.101. The molecule has 2 aromatic rings. The molecule has 0 aliphatic carbocycles. The van der Waals surface area contributed by atoms with Gasteiger partial charge in [0, 0.05) is 19.2 Å². The van der Waals surface area contributed by atoms with Gasteiger partial charge in [-0.05, 0) is 24.6 Å². The fourth-order valence-corrected chi connectivity index (χ4v) is 2.86. The number of rotatable bonds is 3. The largest absolute Gasteiger partial charge is 0.328 e. The summed E-state index contributed by atoms with van der Waals surface area (Å²) in [5, 5.41) is 0.534. The molecule has 3 rings (SSSR count). The number of carbonyl (C=O) groups is 1. The summed E-state index contributed by atoms with van der Waals surface area (Å²) >= 11 is 0. The molecule has 1 aromatic carbocycles. The van der Waals surface area contributed by atoms with E-state index in [1.165, 1.54) is 10.9 Å². The van der Waals surface area contributed by atoms with Crippen molar-refractivity contribution in [3.63, 3.8) is 0 Å². The fraction of sp³-hybridized carbons (Fsp3) is 0.353. The van der Waals surface area contributed by atoms with Crippen LogP contribution in [0.25, 0.3) is 10.9 Å². The van der Waals surface area contributed by atoms with Gasteiger partial charge in [0.2, 0.25) is 0 Å². The van der Waals surface area contributed by atoms with Gasteiger partial charge in [0.05, 0.1) is 23.3 Å². The number of amides is 1. The molecule has 0 spiro atoms. The molecular weight excluding hydrogens is 278 g/mol. The minimum Gasteiger partial charge on any atom is -0.328 e. The first kappa shape index (κ1) is 14.5. The van der Waals surface area contributed by atoms with E-state index in [0.29, 0.717) is 23.0 Å². The highest BCUT2D eigenvalue weighted by Gasteiger charge is 2.25. The Morgan fingerprint density at radius 3 is 3.00 bits per heavy atom. The Balaban J connectivity index is 1.95. The molecule has 0 bridgehead atoms. The molecule has 2 heterocycles. The van der Waals surface area contributed by atoms with Crippen molar-refractivity contribution >= 4 is 16.8 Å². The Hall–Kier alpha value is -2.43. The van der Waals surface area contributed by atoms with Gasteiger partial charge in [0.1, 0.15) is 0 Å². The van der Waals surface area contributed by atoms with Gasteiger partial charge in [0.25, 0.3) is 11.5 Å². The van der Waals surface area contributed by atoms with Crippen molar-refractivity contribution in [3.8, 4) is 0 Å². The third-order valence-electron chi connectivity index (χ3n) is 4.07. The van der Waals surface area contributed by atoms with Crippen LogP contribution in [0.15, 0.2) is 41.5 Å². The number of carbonyl (C=O) groups excluding carboxylic acids is 1. The van der Waals surface area contributed by atoms with E-state index in [4.69, 9.17) is 0 Å². The molecular formula is C17H19N3O2. The normalized spacial score (nSPS) is 17.4. The third-order valence-corrected chi connectivity index (χ3v) is 4.07. The molecule has 0 fully saturated rings. The first-order valence-corrected chi connectivity index (χ1v) is 7.55. The van der Waals surface area contributed by atoms with E-state index >= 15 is 0 Å². The maximum atomic E-state index is 12.7. The first-order chi connectivity index (χ1) is 10.6. The average Bonchev–Trinajstić information content (AvgIpc) is 2.98. The summed E-state index contributed by atoms with van der Waals surface area (Å²) in [5.41, 5.74) is 1.04. The quantitative estimate of drug-likeness (QED) is 0.815. The number of fused-ring (bicyclic) bond motifs is 1. The summed E-state index contributed by atoms with van der Waals surface area (Å²) in [5.74, 6) is -0.00664. The van der Waals surface area contributed by atoms with Crippen LogP contribution in [0.5, 0.6) is 0 Å². The Morgan fingerprint density at radius 1 is 1.41 bits per heavy atom. The lowest BCUT2D eigenvalue weighted by Gasteiger charge is -2.24. The number of aryl methyl sites for hydroxylation is 1. The van der Waals surface area contributed by atoms with Gasteiger partial charge in [-0.15, -0.1) is 0 Å². The van der Waals surface area contributed by atoms with E-state index in [1.807, 2.05) is 11.0 Å². The maximum absolute atomic E-state index is 12.7. The van der Waals surface area contributed by atoms with Crippen molar-refractivity contribution in [1.29, 1.82) is 0 Å². The standard InChI is InChI=1S/C17H19N3O2/c1-3-5-13-6-4-9-20(13)16(21)12-7-8-14-15(10-12)18-11-19(2)17(14)22/h4,6-8,10-11,13H,3,5,9H2,1-2H3/t13-/m1/s1. The lowest BCUT2D eigenvalue weighted by atomic mass is 10.1. The van der Waals surface area contributed by atoms with Crippen LogP contribution in [0.2, 0.25) is 0 Å². The molecule has 1 aliphatic rings. The van der Waals surface area contributed by atoms with Gasteiger partial charge in [-0.3, -0.25) is 9.59 Å². The molecule has 0 unspecified atom stereocenters. The smallest absolute Gasteiger partial charge is 0.260 e. The molecule has 5 nitrogen and oxygen atoms in total. The summed E-state index contributed by atoms with van der Waals surface area (Å²) in [7, 11) is 1.67. The van der Waals surface area contributed by atoms with Crippen molar-refractivity contribution in [3.05, 3.63) is 52.6 Å². The summed E-state index contributed by atoms with van der Waals surface area (Å²) in [6.07, 6.45) is 7.61. The van der Waals surface area contributed by atoms with E-state index in [9.17, 15) is 9.59 Å². The molecule has 5 heteroatoms. The highest BCUT2D eigenvalue weighted by atomic mass is 16.2. The molecule has 1 aromatic heterocycles. The summed E-state index contributed by atoms with van der Waals surface area (Å²) in [4.78, 5) is 30.8. The molecule has 1 amide bonds. The second kappa shape index (κ2) is 5.75. The van der Waals surface area contributed by atoms with Gasteiger partial charge in [-0.25, -0.2) is 4.98 Å². The zero-order valence-electron chi connectivity index (χ0n) is 12.8. The molecule has 114 valence electrons. The zero-order chi connectivity index (χ0) is 15.7. The van der Waals surface area contributed by atoms with Crippen molar-refractivity contribution in [2.45, 2.75) is 25.8 Å². The average molecular weight is 297 g/mol. The SMILES string of the molecule is CCC[C@@H]1C=CCN1C(=O)c1ccc2c(=O)n(C)cnc2c1. The second-order valence-corrected chi connectivity index (χ2v) is 5.63. The Bertz CT molecular complexity index is 807. The first-order valence-electron chi connectivity index (χ1n) is 7.55. The Labute approximate surface area is 128 Å². The van der Waals surface area contributed by atoms with Crippen LogP contribution in [-0.2, 0) is 7.05 Å². The third kappa shape index (κ3) is 2.43. The molecule has 0 saturated heterocycles. The fourth-order valence-electron chi connectivity index (χ4n) is 2.86. The van der Waals surface area contributed by atoms with E-state index < -0.39 is 0 Å². The molecule has 1 aliphatic heterocycles. The molecule has 1 atom stereocenters. The number of hydrogen-bond acceptors (Lipinski definition) is 3. The molecule has 0 saturated carbocycles. The lowest BCUT2D eigenvalue weighted by Crippen LogP contribution is -2.36. The van der Waals surface area contributed by atoms with Gasteiger partial charge in [-0.1, -0.05) is 25.5 Å². The predicted octanol–water partition coefficient (Wildman–Crippen LogP) is 2.11. The van der Waals surface area contributed by atoms with E-state index in [1.54, 1.807) is 25.2 Å². The number of aromatic nitrogens is 2. The van der Waals surface area contributed by atoms with E-state index in [0.717, 1.165) is 12.8 Å². The van der Waals surface area contributed by atoms with E-state index in [2.05, 4.69) is 18.0 Å². The topological polar surface area (TPSA) is 55.2 Å². The van der Waals surface area contributed by atoms with Crippen LogP contribution in [0.3, 0.4) is 0 Å².